The Morgan fingerprint density at radius 3 is 2.79 bits per heavy atom. The number of hydrogen-bond donors (Lipinski definition) is 1. The predicted molar refractivity (Wildman–Crippen MR) is 76.8 cm³/mol. The number of ether oxygens (including phenoxy) is 1. The molecule has 19 heavy (non-hydrogen) atoms. The average Bonchev–Trinajstić information content (AvgIpc) is 2.39. The topological polar surface area (TPSA) is 44.8 Å². The molecule has 0 spiro atoms. The molecule has 0 atom stereocenters. The summed E-state index contributed by atoms with van der Waals surface area (Å²) in [6.07, 6.45) is 0. The van der Waals surface area contributed by atoms with Crippen LogP contribution in [0.5, 0.6) is 5.75 Å². The summed E-state index contributed by atoms with van der Waals surface area (Å²) in [5.41, 5.74) is 2.86. The highest BCUT2D eigenvalue weighted by Crippen LogP contribution is 2.17. The molecule has 1 aliphatic heterocycles. The second-order valence-electron chi connectivity index (χ2n) is 4.57. The fourth-order valence-electron chi connectivity index (χ4n) is 1.83. The van der Waals surface area contributed by atoms with Gasteiger partial charge in [-0.25, -0.2) is 5.01 Å². The van der Waals surface area contributed by atoms with Crippen molar-refractivity contribution in [2.75, 3.05) is 39.8 Å². The molecule has 104 valence electrons. The Balaban J connectivity index is 1.73. The van der Waals surface area contributed by atoms with E-state index in [9.17, 15) is 4.79 Å². The van der Waals surface area contributed by atoms with E-state index in [1.54, 1.807) is 0 Å². The van der Waals surface area contributed by atoms with E-state index >= 15 is 0 Å². The van der Waals surface area contributed by atoms with Crippen molar-refractivity contribution >= 4 is 21.8 Å². The fraction of sp³-hybridized carbons (Fsp3) is 0.462. The van der Waals surface area contributed by atoms with E-state index in [1.807, 2.05) is 29.3 Å². The molecule has 1 amide bonds. The summed E-state index contributed by atoms with van der Waals surface area (Å²) >= 11 is 3.36. The van der Waals surface area contributed by atoms with E-state index in [0.717, 1.165) is 30.7 Å². The maximum Gasteiger partial charge on any atom is 0.272 e. The number of hydrogen-bond acceptors (Lipinski definition) is 4. The Labute approximate surface area is 121 Å². The van der Waals surface area contributed by atoms with Gasteiger partial charge >= 0.3 is 0 Å². The first-order valence-electron chi connectivity index (χ1n) is 6.25. The second-order valence-corrected chi connectivity index (χ2v) is 5.49. The van der Waals surface area contributed by atoms with Crippen LogP contribution in [0.2, 0.25) is 0 Å². The normalized spacial score (nSPS) is 17.2. The van der Waals surface area contributed by atoms with Gasteiger partial charge < -0.3 is 9.64 Å². The van der Waals surface area contributed by atoms with E-state index < -0.39 is 0 Å². The van der Waals surface area contributed by atoms with Gasteiger partial charge in [0.05, 0.1) is 0 Å². The number of halogens is 1. The molecule has 0 bridgehead atoms. The van der Waals surface area contributed by atoms with E-state index in [0.29, 0.717) is 5.75 Å². The Morgan fingerprint density at radius 2 is 2.11 bits per heavy atom. The van der Waals surface area contributed by atoms with Gasteiger partial charge in [0.25, 0.3) is 5.91 Å². The molecule has 0 aromatic heterocycles. The summed E-state index contributed by atoms with van der Waals surface area (Å²) in [7, 11) is 2.08. The maximum atomic E-state index is 11.7. The quantitative estimate of drug-likeness (QED) is 0.899. The lowest BCUT2D eigenvalue weighted by Gasteiger charge is -2.32. The number of piperazine rings is 1. The van der Waals surface area contributed by atoms with Crippen LogP contribution in [0, 0.1) is 0 Å². The van der Waals surface area contributed by atoms with Crippen LogP contribution >= 0.6 is 15.9 Å². The van der Waals surface area contributed by atoms with Gasteiger partial charge in [0, 0.05) is 30.7 Å². The van der Waals surface area contributed by atoms with E-state index in [1.165, 1.54) is 0 Å². The number of carbonyl (C=O) groups is 1. The van der Waals surface area contributed by atoms with Crippen LogP contribution in [0.25, 0.3) is 0 Å². The molecule has 1 aliphatic rings. The minimum absolute atomic E-state index is 0.0305. The van der Waals surface area contributed by atoms with Crippen molar-refractivity contribution in [1.29, 1.82) is 0 Å². The molecule has 1 aromatic rings. The Morgan fingerprint density at radius 1 is 1.37 bits per heavy atom. The van der Waals surface area contributed by atoms with Gasteiger partial charge in [-0.1, -0.05) is 22.0 Å². The lowest BCUT2D eigenvalue weighted by atomic mass is 10.3. The largest absolute Gasteiger partial charge is 0.484 e. The lowest BCUT2D eigenvalue weighted by molar-refractivity contribution is -0.128. The standard InChI is InChI=1S/C13H18BrN3O2/c1-16-5-7-17(8-6-16)15-13(18)10-19-12-4-2-3-11(14)9-12/h2-4,9H,5-8,10H2,1H3,(H,15,18). The average molecular weight is 328 g/mol. The summed E-state index contributed by atoms with van der Waals surface area (Å²) in [4.78, 5) is 14.0. The molecule has 1 heterocycles. The second kappa shape index (κ2) is 6.88. The molecule has 0 aliphatic carbocycles. The molecule has 1 aromatic carbocycles. The molecule has 0 unspecified atom stereocenters. The molecule has 1 fully saturated rings. The minimum atomic E-state index is -0.121. The highest BCUT2D eigenvalue weighted by atomic mass is 79.9. The van der Waals surface area contributed by atoms with Gasteiger partial charge in [-0.3, -0.25) is 10.2 Å². The van der Waals surface area contributed by atoms with Crippen molar-refractivity contribution in [3.05, 3.63) is 28.7 Å². The highest BCUT2D eigenvalue weighted by Gasteiger charge is 2.15. The number of hydrazine groups is 1. The maximum absolute atomic E-state index is 11.7. The number of carbonyl (C=O) groups excluding carboxylic acids is 1. The molecular weight excluding hydrogens is 310 g/mol. The van der Waals surface area contributed by atoms with Crippen molar-refractivity contribution in [2.24, 2.45) is 0 Å². The first kappa shape index (κ1) is 14.3. The smallest absolute Gasteiger partial charge is 0.272 e. The number of likely N-dealkylation sites (N-methyl/N-ethyl adjacent to an activating group) is 1. The number of rotatable bonds is 4. The van der Waals surface area contributed by atoms with Crippen molar-refractivity contribution in [2.45, 2.75) is 0 Å². The third kappa shape index (κ3) is 4.81. The van der Waals surface area contributed by atoms with E-state index in [2.05, 4.69) is 33.3 Å². The Hall–Kier alpha value is -1.11. The van der Waals surface area contributed by atoms with Crippen LogP contribution in [0.3, 0.4) is 0 Å². The summed E-state index contributed by atoms with van der Waals surface area (Å²) in [6.45, 7) is 3.65. The van der Waals surface area contributed by atoms with Crippen LogP contribution in [0.1, 0.15) is 0 Å². The molecule has 1 saturated heterocycles. The predicted octanol–water partition coefficient (Wildman–Crippen LogP) is 1.11. The number of amides is 1. The van der Waals surface area contributed by atoms with Crippen molar-refractivity contribution in [3.63, 3.8) is 0 Å². The van der Waals surface area contributed by atoms with Gasteiger partial charge in [0.1, 0.15) is 5.75 Å². The molecule has 1 N–H and O–H groups in total. The first-order valence-corrected chi connectivity index (χ1v) is 7.04. The number of nitrogens with zero attached hydrogens (tertiary/aromatic N) is 2. The van der Waals surface area contributed by atoms with Crippen molar-refractivity contribution in [3.8, 4) is 5.75 Å². The zero-order chi connectivity index (χ0) is 13.7. The summed E-state index contributed by atoms with van der Waals surface area (Å²) in [5, 5.41) is 1.94. The van der Waals surface area contributed by atoms with Gasteiger partial charge in [-0.05, 0) is 25.2 Å². The number of benzene rings is 1. The molecule has 0 radical (unpaired) electrons. The molecule has 2 rings (SSSR count). The van der Waals surface area contributed by atoms with Crippen LogP contribution < -0.4 is 10.2 Å². The molecule has 0 saturated carbocycles. The Bertz CT molecular complexity index is 434. The highest BCUT2D eigenvalue weighted by molar-refractivity contribution is 9.10. The van der Waals surface area contributed by atoms with E-state index in [-0.39, 0.29) is 12.5 Å². The first-order chi connectivity index (χ1) is 9.13. The summed E-state index contributed by atoms with van der Waals surface area (Å²) < 4.78 is 6.37. The van der Waals surface area contributed by atoms with Crippen LogP contribution in [-0.2, 0) is 4.79 Å². The van der Waals surface area contributed by atoms with E-state index in [4.69, 9.17) is 4.74 Å². The lowest BCUT2D eigenvalue weighted by Crippen LogP contribution is -2.53. The van der Waals surface area contributed by atoms with Gasteiger partial charge in [-0.2, -0.15) is 0 Å². The van der Waals surface area contributed by atoms with Crippen LogP contribution in [-0.4, -0.2) is 55.6 Å². The SMILES string of the molecule is CN1CCN(NC(=O)COc2cccc(Br)c2)CC1. The molecule has 6 heteroatoms. The summed E-state index contributed by atoms with van der Waals surface area (Å²) in [5.74, 6) is 0.562. The van der Waals surface area contributed by atoms with Gasteiger partial charge in [0.15, 0.2) is 6.61 Å². The zero-order valence-electron chi connectivity index (χ0n) is 10.9. The van der Waals surface area contributed by atoms with Crippen LogP contribution in [0.4, 0.5) is 0 Å². The monoisotopic (exact) mass is 327 g/mol. The number of nitrogens with one attached hydrogen (secondary N) is 1. The van der Waals surface area contributed by atoms with Crippen LogP contribution in [0.15, 0.2) is 28.7 Å². The molecule has 5 nitrogen and oxygen atoms in total. The van der Waals surface area contributed by atoms with Gasteiger partial charge in [0.2, 0.25) is 0 Å². The zero-order valence-corrected chi connectivity index (χ0v) is 12.5. The van der Waals surface area contributed by atoms with Crippen molar-refractivity contribution < 1.29 is 9.53 Å². The minimum Gasteiger partial charge on any atom is -0.484 e. The third-order valence-corrected chi connectivity index (χ3v) is 3.45. The van der Waals surface area contributed by atoms with Crippen molar-refractivity contribution in [1.82, 2.24) is 15.3 Å². The summed E-state index contributed by atoms with van der Waals surface area (Å²) in [6, 6.07) is 7.45. The Kier molecular flexibility index (Phi) is 5.18. The van der Waals surface area contributed by atoms with Gasteiger partial charge in [-0.15, -0.1) is 0 Å². The molecular formula is C13H18BrN3O2. The third-order valence-electron chi connectivity index (χ3n) is 2.95. The fourth-order valence-corrected chi connectivity index (χ4v) is 2.21.